The molecule has 0 aromatic heterocycles. The lowest BCUT2D eigenvalue weighted by atomic mass is 9.84. The maximum atomic E-state index is 13.6. The van der Waals surface area contributed by atoms with Crippen LogP contribution in [0.4, 0.5) is 4.39 Å². The fraction of sp³-hybridized carbons (Fsp3) is 0.318. The Balaban J connectivity index is 1.76. The molecule has 0 bridgehead atoms. The first-order chi connectivity index (χ1) is 12.9. The molecule has 2 aromatic carbocycles. The summed E-state index contributed by atoms with van der Waals surface area (Å²) in [6.45, 7) is 1.80. The maximum Gasteiger partial charge on any atom is 0.255 e. The summed E-state index contributed by atoms with van der Waals surface area (Å²) in [6.07, 6.45) is 4.41. The second-order valence-corrected chi connectivity index (χ2v) is 8.01. The first kappa shape index (κ1) is 18.1. The summed E-state index contributed by atoms with van der Waals surface area (Å²) in [4.78, 5) is 12.8. The molecular formula is C22H21ClFNO2. The Labute approximate surface area is 162 Å². The summed E-state index contributed by atoms with van der Waals surface area (Å²) in [6, 6.07) is 10.0. The van der Waals surface area contributed by atoms with E-state index >= 15 is 0 Å². The third-order valence-electron chi connectivity index (χ3n) is 5.65. The average Bonchev–Trinajstić information content (AvgIpc) is 3.01. The Kier molecular flexibility index (Phi) is 4.47. The van der Waals surface area contributed by atoms with E-state index in [1.54, 1.807) is 13.0 Å². The van der Waals surface area contributed by atoms with E-state index in [0.717, 1.165) is 36.8 Å². The van der Waals surface area contributed by atoms with Gasteiger partial charge in [-0.2, -0.15) is 0 Å². The van der Waals surface area contributed by atoms with Crippen LogP contribution in [-0.4, -0.2) is 16.6 Å². The van der Waals surface area contributed by atoms with E-state index in [9.17, 15) is 14.3 Å². The Morgan fingerprint density at radius 1 is 1.15 bits per heavy atom. The molecule has 2 N–H and O–H groups in total. The molecule has 0 atom stereocenters. The number of hydrogen-bond donors (Lipinski definition) is 2. The molecule has 3 nitrogen and oxygen atoms in total. The van der Waals surface area contributed by atoms with Crippen LogP contribution in [0.5, 0.6) is 0 Å². The van der Waals surface area contributed by atoms with Crippen molar-refractivity contribution in [2.24, 2.45) is 0 Å². The summed E-state index contributed by atoms with van der Waals surface area (Å²) in [7, 11) is 0. The van der Waals surface area contributed by atoms with Crippen LogP contribution in [0.1, 0.15) is 43.2 Å². The number of carbonyl (C=O) groups excluding carboxylic acids is 1. The van der Waals surface area contributed by atoms with Crippen LogP contribution in [0.3, 0.4) is 0 Å². The van der Waals surface area contributed by atoms with Crippen molar-refractivity contribution in [3.63, 3.8) is 0 Å². The van der Waals surface area contributed by atoms with Gasteiger partial charge in [0.1, 0.15) is 11.6 Å². The molecule has 2 aliphatic rings. The van der Waals surface area contributed by atoms with Crippen molar-refractivity contribution >= 4 is 23.1 Å². The molecule has 1 fully saturated rings. The monoisotopic (exact) mass is 385 g/mol. The van der Waals surface area contributed by atoms with Crippen molar-refractivity contribution in [2.75, 3.05) is 0 Å². The van der Waals surface area contributed by atoms with Crippen molar-refractivity contribution < 1.29 is 14.3 Å². The minimum Gasteiger partial charge on any atom is -0.511 e. The number of benzene rings is 2. The molecular weight excluding hydrogens is 365 g/mol. The van der Waals surface area contributed by atoms with E-state index in [0.29, 0.717) is 28.1 Å². The minimum absolute atomic E-state index is 0.139. The van der Waals surface area contributed by atoms with Gasteiger partial charge in [-0.25, -0.2) is 4.39 Å². The number of carbonyl (C=O) groups is 1. The van der Waals surface area contributed by atoms with Gasteiger partial charge in [-0.3, -0.25) is 4.79 Å². The van der Waals surface area contributed by atoms with Crippen LogP contribution in [0, 0.1) is 12.7 Å². The van der Waals surface area contributed by atoms with Gasteiger partial charge in [-0.15, -0.1) is 0 Å². The Morgan fingerprint density at radius 2 is 1.85 bits per heavy atom. The minimum atomic E-state index is -0.383. The molecule has 1 saturated carbocycles. The molecule has 5 heteroatoms. The first-order valence-corrected chi connectivity index (χ1v) is 9.57. The predicted octanol–water partition coefficient (Wildman–Crippen LogP) is 5.56. The van der Waals surface area contributed by atoms with Gasteiger partial charge in [0.05, 0.1) is 10.6 Å². The SMILES string of the molecule is Cc1cc(F)cc(Cl)c1-c1cccc(C2=C(O)CC3(CCCC3)NC2=O)c1. The van der Waals surface area contributed by atoms with Gasteiger partial charge in [0, 0.05) is 17.5 Å². The van der Waals surface area contributed by atoms with E-state index in [4.69, 9.17) is 11.6 Å². The number of aryl methyl sites for hydroxylation is 1. The van der Waals surface area contributed by atoms with Crippen LogP contribution in [0.25, 0.3) is 16.7 Å². The molecule has 4 rings (SSSR count). The zero-order valence-corrected chi connectivity index (χ0v) is 15.9. The summed E-state index contributed by atoms with van der Waals surface area (Å²) in [5, 5.41) is 14.1. The summed E-state index contributed by atoms with van der Waals surface area (Å²) in [5.74, 6) is -0.481. The normalized spacial score (nSPS) is 18.9. The predicted molar refractivity (Wildman–Crippen MR) is 105 cm³/mol. The van der Waals surface area contributed by atoms with E-state index in [1.807, 2.05) is 18.2 Å². The Morgan fingerprint density at radius 3 is 2.52 bits per heavy atom. The summed E-state index contributed by atoms with van der Waals surface area (Å²) in [5.41, 5.74) is 2.88. The van der Waals surface area contributed by atoms with Crippen molar-refractivity contribution in [3.05, 3.63) is 64.1 Å². The highest BCUT2D eigenvalue weighted by Gasteiger charge is 2.41. The standard InChI is InChI=1S/C22H21ClFNO2/c1-13-9-16(24)11-17(23)19(13)14-5-4-6-15(10-14)20-18(26)12-22(25-21(20)27)7-2-3-8-22/h4-6,9-11,26H,2-3,7-8,12H2,1H3,(H,25,27). The van der Waals surface area contributed by atoms with Crippen molar-refractivity contribution in [1.29, 1.82) is 0 Å². The lowest BCUT2D eigenvalue weighted by Crippen LogP contribution is -2.50. The molecule has 2 aromatic rings. The number of hydrogen-bond acceptors (Lipinski definition) is 2. The highest BCUT2D eigenvalue weighted by Crippen LogP contribution is 2.40. The largest absolute Gasteiger partial charge is 0.511 e. The fourth-order valence-corrected chi connectivity index (χ4v) is 4.80. The van der Waals surface area contributed by atoms with E-state index < -0.39 is 0 Å². The Bertz CT molecular complexity index is 938. The van der Waals surface area contributed by atoms with Crippen LogP contribution < -0.4 is 5.32 Å². The van der Waals surface area contributed by atoms with Crippen molar-refractivity contribution in [3.8, 4) is 11.1 Å². The highest BCUT2D eigenvalue weighted by molar-refractivity contribution is 6.33. The maximum absolute atomic E-state index is 13.6. The molecule has 1 heterocycles. The van der Waals surface area contributed by atoms with Gasteiger partial charge in [0.25, 0.3) is 5.91 Å². The molecule has 0 saturated heterocycles. The number of halogens is 2. The van der Waals surface area contributed by atoms with Gasteiger partial charge in [-0.1, -0.05) is 42.6 Å². The first-order valence-electron chi connectivity index (χ1n) is 9.20. The average molecular weight is 386 g/mol. The van der Waals surface area contributed by atoms with Gasteiger partial charge < -0.3 is 10.4 Å². The molecule has 1 aliphatic carbocycles. The number of amides is 1. The molecule has 1 aliphatic heterocycles. The summed E-state index contributed by atoms with van der Waals surface area (Å²) >= 11 is 6.27. The van der Waals surface area contributed by atoms with E-state index in [1.165, 1.54) is 12.1 Å². The third-order valence-corrected chi connectivity index (χ3v) is 5.95. The molecule has 0 unspecified atom stereocenters. The van der Waals surface area contributed by atoms with Crippen LogP contribution >= 0.6 is 11.6 Å². The van der Waals surface area contributed by atoms with Gasteiger partial charge in [0.2, 0.25) is 0 Å². The molecule has 0 radical (unpaired) electrons. The highest BCUT2D eigenvalue weighted by atomic mass is 35.5. The molecule has 140 valence electrons. The second-order valence-electron chi connectivity index (χ2n) is 7.60. The van der Waals surface area contributed by atoms with Gasteiger partial charge >= 0.3 is 0 Å². The van der Waals surface area contributed by atoms with Crippen LogP contribution in [0.15, 0.2) is 42.2 Å². The van der Waals surface area contributed by atoms with E-state index in [2.05, 4.69) is 5.32 Å². The van der Waals surface area contributed by atoms with Crippen molar-refractivity contribution in [2.45, 2.75) is 44.6 Å². The number of aliphatic hydroxyl groups excluding tert-OH is 1. The lowest BCUT2D eigenvalue weighted by molar-refractivity contribution is -0.118. The molecule has 1 amide bonds. The van der Waals surface area contributed by atoms with E-state index in [-0.39, 0.29) is 23.0 Å². The molecule has 1 spiro atoms. The second kappa shape index (κ2) is 6.68. The third kappa shape index (κ3) is 3.23. The van der Waals surface area contributed by atoms with Crippen LogP contribution in [0.2, 0.25) is 5.02 Å². The topological polar surface area (TPSA) is 49.3 Å². The fourth-order valence-electron chi connectivity index (χ4n) is 4.44. The van der Waals surface area contributed by atoms with Crippen molar-refractivity contribution in [1.82, 2.24) is 5.32 Å². The zero-order valence-electron chi connectivity index (χ0n) is 15.1. The van der Waals surface area contributed by atoms with Crippen LogP contribution in [-0.2, 0) is 4.79 Å². The summed E-state index contributed by atoms with van der Waals surface area (Å²) < 4.78 is 13.6. The lowest BCUT2D eigenvalue weighted by Gasteiger charge is -2.35. The molecule has 27 heavy (non-hydrogen) atoms. The number of nitrogens with one attached hydrogen (secondary N) is 1. The van der Waals surface area contributed by atoms with Gasteiger partial charge in [-0.05, 0) is 54.7 Å². The quantitative estimate of drug-likeness (QED) is 0.711. The number of rotatable bonds is 2. The Hall–Kier alpha value is -2.33. The van der Waals surface area contributed by atoms with Gasteiger partial charge in [0.15, 0.2) is 0 Å². The number of aliphatic hydroxyl groups is 1. The smallest absolute Gasteiger partial charge is 0.255 e. The zero-order chi connectivity index (χ0) is 19.2.